The van der Waals surface area contributed by atoms with Crippen LogP contribution in [0.25, 0.3) is 10.9 Å². The fraction of sp³-hybridized carbons (Fsp3) is 0.111. The fourth-order valence-electron chi connectivity index (χ4n) is 1.42. The maximum absolute atomic E-state index is 10.3. The lowest BCUT2D eigenvalue weighted by atomic mass is 10.1. The number of rotatable bonds is 2. The molecule has 0 aliphatic heterocycles. The first-order chi connectivity index (χ1) is 6.27. The van der Waals surface area contributed by atoms with Crippen molar-refractivity contribution >= 4 is 10.9 Å². The third kappa shape index (κ3) is 1.38. The standard InChI is InChI=1S/C9H8N2O2/c12-11(13)6-8-3-1-2-7-4-5-10-9(7)8/h1-5,10H,6H2. The Kier molecular flexibility index (Phi) is 1.73. The van der Waals surface area contributed by atoms with Crippen LogP contribution in [0.1, 0.15) is 5.56 Å². The fourth-order valence-corrected chi connectivity index (χ4v) is 1.42. The van der Waals surface area contributed by atoms with Crippen molar-refractivity contribution < 1.29 is 4.92 Å². The number of para-hydroxylation sites is 1. The first kappa shape index (κ1) is 7.79. The van der Waals surface area contributed by atoms with Gasteiger partial charge in [-0.25, -0.2) is 0 Å². The van der Waals surface area contributed by atoms with E-state index in [1.165, 1.54) is 0 Å². The number of nitro groups is 1. The Balaban J connectivity index is 2.54. The van der Waals surface area contributed by atoms with E-state index < -0.39 is 0 Å². The molecule has 0 saturated heterocycles. The molecule has 4 nitrogen and oxygen atoms in total. The second-order valence-electron chi connectivity index (χ2n) is 2.85. The SMILES string of the molecule is O=[N+]([O-])Cc1cccc2cc[nH]c12. The third-order valence-electron chi connectivity index (χ3n) is 1.97. The zero-order valence-electron chi connectivity index (χ0n) is 6.86. The molecule has 0 atom stereocenters. The van der Waals surface area contributed by atoms with Crippen LogP contribution in [0.2, 0.25) is 0 Å². The van der Waals surface area contributed by atoms with E-state index in [0.717, 1.165) is 16.5 Å². The molecule has 0 bridgehead atoms. The maximum Gasteiger partial charge on any atom is 0.230 e. The van der Waals surface area contributed by atoms with Crippen LogP contribution in [0.4, 0.5) is 0 Å². The number of nitrogens with one attached hydrogen (secondary N) is 1. The molecule has 0 spiro atoms. The van der Waals surface area contributed by atoms with E-state index in [9.17, 15) is 10.1 Å². The number of aromatic nitrogens is 1. The summed E-state index contributed by atoms with van der Waals surface area (Å²) in [6.07, 6.45) is 1.79. The van der Waals surface area contributed by atoms with Gasteiger partial charge in [0.25, 0.3) is 0 Å². The molecule has 1 aromatic heterocycles. The number of fused-ring (bicyclic) bond motifs is 1. The van der Waals surface area contributed by atoms with E-state index >= 15 is 0 Å². The highest BCUT2D eigenvalue weighted by Gasteiger charge is 2.06. The van der Waals surface area contributed by atoms with Crippen molar-refractivity contribution in [3.8, 4) is 0 Å². The van der Waals surface area contributed by atoms with Gasteiger partial charge in [-0.3, -0.25) is 10.1 Å². The van der Waals surface area contributed by atoms with Gasteiger partial charge in [-0.05, 0) is 11.5 Å². The van der Waals surface area contributed by atoms with E-state index in [4.69, 9.17) is 0 Å². The van der Waals surface area contributed by atoms with Crippen molar-refractivity contribution in [2.24, 2.45) is 0 Å². The van der Waals surface area contributed by atoms with E-state index in [2.05, 4.69) is 4.98 Å². The predicted molar refractivity (Wildman–Crippen MR) is 49.0 cm³/mol. The van der Waals surface area contributed by atoms with E-state index in [1.54, 1.807) is 12.3 Å². The van der Waals surface area contributed by atoms with Crippen LogP contribution >= 0.6 is 0 Å². The van der Waals surface area contributed by atoms with Crippen LogP contribution < -0.4 is 0 Å². The molecule has 0 aliphatic rings. The number of nitrogens with zero attached hydrogens (tertiary/aromatic N) is 1. The van der Waals surface area contributed by atoms with Gasteiger partial charge < -0.3 is 4.98 Å². The first-order valence-electron chi connectivity index (χ1n) is 3.94. The Morgan fingerprint density at radius 1 is 1.38 bits per heavy atom. The largest absolute Gasteiger partial charge is 0.361 e. The van der Waals surface area contributed by atoms with Crippen LogP contribution in [0.3, 0.4) is 0 Å². The number of benzene rings is 1. The van der Waals surface area contributed by atoms with Gasteiger partial charge in [0.05, 0.1) is 5.52 Å². The van der Waals surface area contributed by atoms with E-state index in [-0.39, 0.29) is 11.5 Å². The Hall–Kier alpha value is -1.84. The molecule has 1 heterocycles. The van der Waals surface area contributed by atoms with E-state index in [1.807, 2.05) is 18.2 Å². The molecule has 1 aromatic carbocycles. The third-order valence-corrected chi connectivity index (χ3v) is 1.97. The van der Waals surface area contributed by atoms with E-state index in [0.29, 0.717) is 0 Å². The molecule has 2 aromatic rings. The minimum absolute atomic E-state index is 0.127. The van der Waals surface area contributed by atoms with Gasteiger partial charge in [-0.15, -0.1) is 0 Å². The molecule has 4 heteroatoms. The minimum Gasteiger partial charge on any atom is -0.361 e. The van der Waals surface area contributed by atoms with Gasteiger partial charge in [0.1, 0.15) is 0 Å². The molecule has 13 heavy (non-hydrogen) atoms. The lowest BCUT2D eigenvalue weighted by molar-refractivity contribution is -0.496. The topological polar surface area (TPSA) is 58.9 Å². The molecule has 0 fully saturated rings. The smallest absolute Gasteiger partial charge is 0.230 e. The van der Waals surface area contributed by atoms with Gasteiger partial charge >= 0.3 is 0 Å². The van der Waals surface area contributed by atoms with Crippen molar-refractivity contribution in [2.75, 3.05) is 0 Å². The summed E-state index contributed by atoms with van der Waals surface area (Å²) in [5.41, 5.74) is 1.59. The summed E-state index contributed by atoms with van der Waals surface area (Å²) < 4.78 is 0. The number of H-pyrrole nitrogens is 1. The lowest BCUT2D eigenvalue weighted by Crippen LogP contribution is -1.98. The minimum atomic E-state index is -0.324. The molecule has 66 valence electrons. The summed E-state index contributed by atoms with van der Waals surface area (Å²) in [6.45, 7) is -0.127. The van der Waals surface area contributed by atoms with Crippen LogP contribution in [0.15, 0.2) is 30.5 Å². The maximum atomic E-state index is 10.3. The summed E-state index contributed by atoms with van der Waals surface area (Å²) >= 11 is 0. The monoisotopic (exact) mass is 176 g/mol. The van der Waals surface area contributed by atoms with Gasteiger partial charge in [-0.2, -0.15) is 0 Å². The van der Waals surface area contributed by atoms with Crippen molar-refractivity contribution in [1.82, 2.24) is 4.98 Å². The zero-order chi connectivity index (χ0) is 9.26. The molecule has 2 rings (SSSR count). The highest BCUT2D eigenvalue weighted by molar-refractivity contribution is 5.82. The zero-order valence-corrected chi connectivity index (χ0v) is 6.86. The highest BCUT2D eigenvalue weighted by atomic mass is 16.6. The van der Waals surface area contributed by atoms with Crippen LogP contribution in [0, 0.1) is 10.1 Å². The molecule has 0 aliphatic carbocycles. The average molecular weight is 176 g/mol. The van der Waals surface area contributed by atoms with Crippen molar-refractivity contribution in [2.45, 2.75) is 6.54 Å². The van der Waals surface area contributed by atoms with Crippen molar-refractivity contribution in [3.05, 3.63) is 46.1 Å². The van der Waals surface area contributed by atoms with Gasteiger partial charge in [0.15, 0.2) is 0 Å². The first-order valence-corrected chi connectivity index (χ1v) is 3.94. The highest BCUT2D eigenvalue weighted by Crippen LogP contribution is 2.17. The Bertz CT molecular complexity index is 448. The summed E-state index contributed by atoms with van der Waals surface area (Å²) in [7, 11) is 0. The van der Waals surface area contributed by atoms with Crippen LogP contribution in [-0.4, -0.2) is 9.91 Å². The number of hydrogen-bond donors (Lipinski definition) is 1. The number of aromatic amines is 1. The molecular formula is C9H8N2O2. The Morgan fingerprint density at radius 3 is 3.00 bits per heavy atom. The molecule has 0 radical (unpaired) electrons. The van der Waals surface area contributed by atoms with Gasteiger partial charge in [0.2, 0.25) is 6.54 Å². The second-order valence-corrected chi connectivity index (χ2v) is 2.85. The molecule has 0 saturated carbocycles. The Morgan fingerprint density at radius 2 is 2.23 bits per heavy atom. The molecular weight excluding hydrogens is 168 g/mol. The van der Waals surface area contributed by atoms with Crippen molar-refractivity contribution in [3.63, 3.8) is 0 Å². The second kappa shape index (κ2) is 2.90. The normalized spacial score (nSPS) is 10.5. The van der Waals surface area contributed by atoms with Crippen LogP contribution in [0.5, 0.6) is 0 Å². The summed E-state index contributed by atoms with van der Waals surface area (Å²) in [4.78, 5) is 13.0. The summed E-state index contributed by atoms with van der Waals surface area (Å²) in [5, 5.41) is 11.3. The quantitative estimate of drug-likeness (QED) is 0.561. The van der Waals surface area contributed by atoms with Crippen molar-refractivity contribution in [1.29, 1.82) is 0 Å². The molecule has 1 N–H and O–H groups in total. The number of hydrogen-bond acceptors (Lipinski definition) is 2. The summed E-state index contributed by atoms with van der Waals surface area (Å²) in [6, 6.07) is 7.42. The molecule has 0 amide bonds. The van der Waals surface area contributed by atoms with Crippen LogP contribution in [-0.2, 0) is 6.54 Å². The Labute approximate surface area is 74.3 Å². The lowest BCUT2D eigenvalue weighted by Gasteiger charge is -1.96. The average Bonchev–Trinajstić information content (AvgIpc) is 2.51. The summed E-state index contributed by atoms with van der Waals surface area (Å²) in [5.74, 6) is 0. The molecule has 0 unspecified atom stereocenters. The van der Waals surface area contributed by atoms with Gasteiger partial charge in [-0.1, -0.05) is 18.2 Å². The van der Waals surface area contributed by atoms with Gasteiger partial charge in [0, 0.05) is 16.7 Å². The predicted octanol–water partition coefficient (Wildman–Crippen LogP) is 1.94.